The molecule has 0 aliphatic carbocycles. The Morgan fingerprint density at radius 1 is 1.50 bits per heavy atom. The minimum atomic E-state index is -0.331. The van der Waals surface area contributed by atoms with Crippen LogP contribution in [0.1, 0.15) is 12.5 Å². The minimum absolute atomic E-state index is 0.0188. The average Bonchev–Trinajstić information content (AvgIpc) is 1.88. The summed E-state index contributed by atoms with van der Waals surface area (Å²) >= 11 is 0. The summed E-state index contributed by atoms with van der Waals surface area (Å²) < 4.78 is 12.7. The molecule has 0 aliphatic heterocycles. The molecular formula is C8H9FO. The van der Waals surface area contributed by atoms with Crippen molar-refractivity contribution in [1.82, 2.24) is 0 Å². The molecule has 54 valence electrons. The van der Waals surface area contributed by atoms with E-state index in [0.29, 0.717) is 12.0 Å². The molecule has 0 unspecified atom stereocenters. The molecule has 1 aromatic carbocycles. The lowest BCUT2D eigenvalue weighted by atomic mass is 10.1. The van der Waals surface area contributed by atoms with E-state index < -0.39 is 0 Å². The van der Waals surface area contributed by atoms with Crippen LogP contribution < -0.4 is 0 Å². The van der Waals surface area contributed by atoms with Crippen molar-refractivity contribution in [2.24, 2.45) is 0 Å². The minimum Gasteiger partial charge on any atom is -0.508 e. The van der Waals surface area contributed by atoms with Gasteiger partial charge in [-0.2, -0.15) is 0 Å². The molecule has 0 aliphatic rings. The van der Waals surface area contributed by atoms with Crippen LogP contribution in [-0.2, 0) is 6.42 Å². The van der Waals surface area contributed by atoms with Gasteiger partial charge in [-0.1, -0.05) is 13.0 Å². The van der Waals surface area contributed by atoms with Gasteiger partial charge in [0.25, 0.3) is 0 Å². The molecule has 0 atom stereocenters. The van der Waals surface area contributed by atoms with Crippen LogP contribution in [-0.4, -0.2) is 5.11 Å². The lowest BCUT2D eigenvalue weighted by Crippen LogP contribution is -1.85. The Morgan fingerprint density at radius 2 is 2.20 bits per heavy atom. The highest BCUT2D eigenvalue weighted by molar-refractivity contribution is 5.27. The number of hydrogen-bond donors (Lipinski definition) is 1. The van der Waals surface area contributed by atoms with E-state index in [4.69, 9.17) is 5.11 Å². The lowest BCUT2D eigenvalue weighted by Gasteiger charge is -1.97. The molecule has 0 radical (unpaired) electrons. The number of aromatic hydroxyl groups is 1. The summed E-state index contributed by atoms with van der Waals surface area (Å²) in [5.74, 6) is -0.350. The Morgan fingerprint density at radius 3 is 2.70 bits per heavy atom. The standard InChI is InChI=1S/C8H9FO/c1-2-6-3-4-7(10)5-8(6)9/h3-5,10H,2H2,1H3. The third-order valence-electron chi connectivity index (χ3n) is 1.42. The summed E-state index contributed by atoms with van der Waals surface area (Å²) in [6.07, 6.45) is 0.659. The molecule has 2 heteroatoms. The molecule has 1 aromatic rings. The van der Waals surface area contributed by atoms with Crippen LogP contribution >= 0.6 is 0 Å². The average molecular weight is 140 g/mol. The Bertz CT molecular complexity index is 233. The second-order valence-electron chi connectivity index (χ2n) is 2.13. The van der Waals surface area contributed by atoms with Gasteiger partial charge >= 0.3 is 0 Å². The number of benzene rings is 1. The van der Waals surface area contributed by atoms with Gasteiger partial charge in [-0.15, -0.1) is 0 Å². The maximum Gasteiger partial charge on any atom is 0.130 e. The zero-order chi connectivity index (χ0) is 7.56. The fourth-order valence-electron chi connectivity index (χ4n) is 0.823. The molecule has 0 bridgehead atoms. The maximum absolute atomic E-state index is 12.7. The van der Waals surface area contributed by atoms with Gasteiger partial charge in [0.1, 0.15) is 11.6 Å². The van der Waals surface area contributed by atoms with Crippen molar-refractivity contribution in [2.75, 3.05) is 0 Å². The Kier molecular flexibility index (Phi) is 1.90. The zero-order valence-corrected chi connectivity index (χ0v) is 5.76. The predicted molar refractivity (Wildman–Crippen MR) is 37.4 cm³/mol. The molecule has 0 heterocycles. The van der Waals surface area contributed by atoms with E-state index >= 15 is 0 Å². The highest BCUT2D eigenvalue weighted by Crippen LogP contribution is 2.14. The van der Waals surface area contributed by atoms with Crippen molar-refractivity contribution < 1.29 is 9.50 Å². The van der Waals surface area contributed by atoms with Gasteiger partial charge in [0.2, 0.25) is 0 Å². The van der Waals surface area contributed by atoms with Crippen molar-refractivity contribution in [3.63, 3.8) is 0 Å². The predicted octanol–water partition coefficient (Wildman–Crippen LogP) is 2.09. The third-order valence-corrected chi connectivity index (χ3v) is 1.42. The van der Waals surface area contributed by atoms with Crippen LogP contribution in [0, 0.1) is 5.82 Å². The van der Waals surface area contributed by atoms with Gasteiger partial charge in [0.05, 0.1) is 0 Å². The van der Waals surface area contributed by atoms with Crippen LogP contribution in [0.15, 0.2) is 18.2 Å². The molecule has 0 aromatic heterocycles. The lowest BCUT2D eigenvalue weighted by molar-refractivity contribution is 0.468. The molecule has 0 saturated carbocycles. The smallest absolute Gasteiger partial charge is 0.130 e. The molecule has 10 heavy (non-hydrogen) atoms. The molecule has 0 fully saturated rings. The van der Waals surface area contributed by atoms with E-state index in [1.54, 1.807) is 6.07 Å². The first-order valence-corrected chi connectivity index (χ1v) is 3.21. The van der Waals surface area contributed by atoms with E-state index in [1.807, 2.05) is 6.92 Å². The van der Waals surface area contributed by atoms with Crippen LogP contribution in [0.5, 0.6) is 5.75 Å². The molecule has 0 saturated heterocycles. The Labute approximate surface area is 59.1 Å². The van der Waals surface area contributed by atoms with E-state index in [2.05, 4.69) is 0 Å². The number of hydrogen-bond acceptors (Lipinski definition) is 1. The van der Waals surface area contributed by atoms with Crippen LogP contribution in [0.2, 0.25) is 0 Å². The first-order chi connectivity index (χ1) is 4.74. The molecule has 0 amide bonds. The van der Waals surface area contributed by atoms with Gasteiger partial charge in [0, 0.05) is 6.07 Å². The fraction of sp³-hybridized carbons (Fsp3) is 0.250. The SMILES string of the molecule is CCc1ccc(O)cc1F. The number of phenols is 1. The highest BCUT2D eigenvalue weighted by Gasteiger charge is 1.98. The summed E-state index contributed by atoms with van der Waals surface area (Å²) in [6.45, 7) is 1.87. The molecule has 1 nitrogen and oxygen atoms in total. The van der Waals surface area contributed by atoms with E-state index in [0.717, 1.165) is 6.07 Å². The topological polar surface area (TPSA) is 20.2 Å². The number of halogens is 1. The number of rotatable bonds is 1. The van der Waals surface area contributed by atoms with Crippen LogP contribution in [0.4, 0.5) is 4.39 Å². The molecule has 0 spiro atoms. The first kappa shape index (κ1) is 7.06. The van der Waals surface area contributed by atoms with E-state index in [9.17, 15) is 4.39 Å². The normalized spacial score (nSPS) is 9.80. The van der Waals surface area contributed by atoms with Gasteiger partial charge in [-0.25, -0.2) is 4.39 Å². The number of phenolic OH excluding ortho intramolecular Hbond substituents is 1. The monoisotopic (exact) mass is 140 g/mol. The zero-order valence-electron chi connectivity index (χ0n) is 5.76. The van der Waals surface area contributed by atoms with Gasteiger partial charge < -0.3 is 5.11 Å². The van der Waals surface area contributed by atoms with Gasteiger partial charge in [-0.05, 0) is 18.1 Å². The van der Waals surface area contributed by atoms with Gasteiger partial charge in [-0.3, -0.25) is 0 Å². The van der Waals surface area contributed by atoms with Crippen LogP contribution in [0.25, 0.3) is 0 Å². The first-order valence-electron chi connectivity index (χ1n) is 3.21. The van der Waals surface area contributed by atoms with Crippen molar-refractivity contribution in [3.05, 3.63) is 29.6 Å². The molecule has 1 N–H and O–H groups in total. The Hall–Kier alpha value is -1.05. The van der Waals surface area contributed by atoms with Crippen molar-refractivity contribution in [3.8, 4) is 5.75 Å². The fourth-order valence-corrected chi connectivity index (χ4v) is 0.823. The van der Waals surface area contributed by atoms with Crippen molar-refractivity contribution >= 4 is 0 Å². The second kappa shape index (κ2) is 2.69. The summed E-state index contributed by atoms with van der Waals surface area (Å²) in [6, 6.07) is 4.20. The maximum atomic E-state index is 12.7. The highest BCUT2D eigenvalue weighted by atomic mass is 19.1. The van der Waals surface area contributed by atoms with Crippen molar-refractivity contribution in [2.45, 2.75) is 13.3 Å². The quantitative estimate of drug-likeness (QED) is 0.633. The summed E-state index contributed by atoms with van der Waals surface area (Å²) in [7, 11) is 0. The van der Waals surface area contributed by atoms with E-state index in [1.165, 1.54) is 6.07 Å². The summed E-state index contributed by atoms with van der Waals surface area (Å²) in [5, 5.41) is 8.79. The third kappa shape index (κ3) is 1.26. The summed E-state index contributed by atoms with van der Waals surface area (Å²) in [4.78, 5) is 0. The second-order valence-corrected chi connectivity index (χ2v) is 2.13. The van der Waals surface area contributed by atoms with E-state index in [-0.39, 0.29) is 11.6 Å². The largest absolute Gasteiger partial charge is 0.508 e. The summed E-state index contributed by atoms with van der Waals surface area (Å²) in [5.41, 5.74) is 0.637. The van der Waals surface area contributed by atoms with Crippen molar-refractivity contribution in [1.29, 1.82) is 0 Å². The Balaban J connectivity index is 3.07. The number of aryl methyl sites for hydroxylation is 1. The molecule has 1 rings (SSSR count). The van der Waals surface area contributed by atoms with Crippen LogP contribution in [0.3, 0.4) is 0 Å². The molecular weight excluding hydrogens is 131 g/mol. The van der Waals surface area contributed by atoms with Gasteiger partial charge in [0.15, 0.2) is 0 Å².